The molecule has 0 N–H and O–H groups in total. The summed E-state index contributed by atoms with van der Waals surface area (Å²) in [4.78, 5) is 10.6. The van der Waals surface area contributed by atoms with E-state index in [1.165, 1.54) is 7.11 Å². The van der Waals surface area contributed by atoms with E-state index >= 15 is 0 Å². The van der Waals surface area contributed by atoms with Gasteiger partial charge in [0, 0.05) is 0 Å². The average Bonchev–Trinajstić information content (AvgIpc) is 2.35. The van der Waals surface area contributed by atoms with Crippen molar-refractivity contribution in [3.8, 4) is 11.5 Å². The maximum Gasteiger partial charge on any atom is 0.322 e. The molecule has 1 aromatic carbocycles. The summed E-state index contributed by atoms with van der Waals surface area (Å²) in [5.74, 6) is 0.861. The number of hydrogen-bond donors (Lipinski definition) is 0. The molecule has 1 rings (SSSR count). The van der Waals surface area contributed by atoms with Gasteiger partial charge in [-0.2, -0.15) is 0 Å². The molecule has 0 aliphatic carbocycles. The Bertz CT molecular complexity index is 354. The summed E-state index contributed by atoms with van der Waals surface area (Å²) in [5.41, 5.74) is 0. The first kappa shape index (κ1) is 12.8. The van der Waals surface area contributed by atoms with Gasteiger partial charge in [-0.25, -0.2) is 0 Å². The molecule has 0 spiro atoms. The Hall–Kier alpha value is -1.23. The molecule has 0 heterocycles. The molecule has 16 heavy (non-hydrogen) atoms. The van der Waals surface area contributed by atoms with Crippen LogP contribution in [0.3, 0.4) is 0 Å². The molecule has 88 valence electrons. The van der Waals surface area contributed by atoms with Crippen LogP contribution >= 0.6 is 15.9 Å². The topological polar surface area (TPSA) is 44.8 Å². The summed E-state index contributed by atoms with van der Waals surface area (Å²) in [6.07, 6.45) is 0. The minimum absolute atomic E-state index is 0.188. The molecule has 1 atom stereocenters. The van der Waals surface area contributed by atoms with Gasteiger partial charge in [0.1, 0.15) is 11.4 Å². The minimum atomic E-state index is -0.484. The zero-order valence-electron chi connectivity index (χ0n) is 9.10. The molecule has 5 heteroatoms. The average molecular weight is 289 g/mol. The van der Waals surface area contributed by atoms with Gasteiger partial charge in [0.05, 0.1) is 14.2 Å². The van der Waals surface area contributed by atoms with Gasteiger partial charge in [-0.1, -0.05) is 28.1 Å². The van der Waals surface area contributed by atoms with E-state index in [4.69, 9.17) is 9.47 Å². The van der Waals surface area contributed by atoms with Crippen LogP contribution in [0.4, 0.5) is 0 Å². The normalized spacial score (nSPS) is 11.7. The van der Waals surface area contributed by atoms with E-state index in [1.54, 1.807) is 19.2 Å². The molecule has 0 radical (unpaired) electrons. The van der Waals surface area contributed by atoms with E-state index in [0.717, 1.165) is 0 Å². The second-order valence-corrected chi connectivity index (χ2v) is 4.06. The van der Waals surface area contributed by atoms with Gasteiger partial charge < -0.3 is 14.2 Å². The quantitative estimate of drug-likeness (QED) is 0.614. The monoisotopic (exact) mass is 288 g/mol. The van der Waals surface area contributed by atoms with Gasteiger partial charge in [0.25, 0.3) is 0 Å². The highest BCUT2D eigenvalue weighted by Crippen LogP contribution is 2.26. The van der Waals surface area contributed by atoms with E-state index in [9.17, 15) is 4.79 Å². The Balaban J connectivity index is 2.57. The number of halogens is 1. The van der Waals surface area contributed by atoms with Crippen molar-refractivity contribution in [1.29, 1.82) is 0 Å². The van der Waals surface area contributed by atoms with E-state index in [2.05, 4.69) is 20.7 Å². The fourth-order valence-corrected chi connectivity index (χ4v) is 1.42. The molecule has 0 saturated carbocycles. The molecule has 0 aliphatic rings. The molecule has 0 aromatic heterocycles. The number of benzene rings is 1. The van der Waals surface area contributed by atoms with Crippen LogP contribution in [0.1, 0.15) is 0 Å². The Kier molecular flexibility index (Phi) is 5.11. The van der Waals surface area contributed by atoms with Gasteiger partial charge in [0.2, 0.25) is 0 Å². The summed E-state index contributed by atoms with van der Waals surface area (Å²) < 4.78 is 15.1. The predicted molar refractivity (Wildman–Crippen MR) is 63.2 cm³/mol. The highest BCUT2D eigenvalue weighted by atomic mass is 79.9. The number of carbonyl (C=O) groups excluding carboxylic acids is 1. The van der Waals surface area contributed by atoms with Crippen molar-refractivity contribution in [3.05, 3.63) is 24.3 Å². The van der Waals surface area contributed by atoms with Crippen LogP contribution in [-0.2, 0) is 9.53 Å². The van der Waals surface area contributed by atoms with Crippen LogP contribution in [0.25, 0.3) is 0 Å². The summed E-state index contributed by atoms with van der Waals surface area (Å²) >= 11 is 3.17. The summed E-state index contributed by atoms with van der Waals surface area (Å²) in [6, 6.07) is 7.24. The lowest BCUT2D eigenvalue weighted by molar-refractivity contribution is -0.140. The third-order valence-corrected chi connectivity index (χ3v) is 2.55. The number of ether oxygens (including phenoxy) is 3. The largest absolute Gasteiger partial charge is 0.493 e. The zero-order valence-corrected chi connectivity index (χ0v) is 10.7. The summed E-state index contributed by atoms with van der Waals surface area (Å²) in [5, 5.41) is 0. The van der Waals surface area contributed by atoms with Crippen LogP contribution in [0.2, 0.25) is 0 Å². The second-order valence-electron chi connectivity index (χ2n) is 2.95. The van der Waals surface area contributed by atoms with Crippen LogP contribution in [0.15, 0.2) is 24.3 Å². The molecule has 0 bridgehead atoms. The lowest BCUT2D eigenvalue weighted by atomic mass is 10.3. The van der Waals surface area contributed by atoms with Crippen LogP contribution in [-0.4, -0.2) is 31.6 Å². The first-order chi connectivity index (χ1) is 7.69. The maximum atomic E-state index is 11.1. The van der Waals surface area contributed by atoms with E-state index < -0.39 is 4.83 Å². The highest BCUT2D eigenvalue weighted by molar-refractivity contribution is 9.10. The van der Waals surface area contributed by atoms with Gasteiger partial charge in [-0.15, -0.1) is 0 Å². The smallest absolute Gasteiger partial charge is 0.322 e. The number of carbonyl (C=O) groups is 1. The van der Waals surface area contributed by atoms with Crippen molar-refractivity contribution in [2.75, 3.05) is 20.8 Å². The third kappa shape index (κ3) is 3.41. The predicted octanol–water partition coefficient (Wildman–Crippen LogP) is 2.01. The second kappa shape index (κ2) is 6.37. The van der Waals surface area contributed by atoms with Crippen LogP contribution < -0.4 is 9.47 Å². The Morgan fingerprint density at radius 1 is 1.31 bits per heavy atom. The molecule has 1 aromatic rings. The molecule has 0 fully saturated rings. The Morgan fingerprint density at radius 2 is 1.94 bits per heavy atom. The highest BCUT2D eigenvalue weighted by Gasteiger charge is 2.16. The van der Waals surface area contributed by atoms with Gasteiger partial charge in [-0.3, -0.25) is 4.79 Å². The van der Waals surface area contributed by atoms with Crippen molar-refractivity contribution in [2.24, 2.45) is 0 Å². The molecule has 4 nitrogen and oxygen atoms in total. The fourth-order valence-electron chi connectivity index (χ4n) is 1.10. The van der Waals surface area contributed by atoms with Gasteiger partial charge in [-0.05, 0) is 12.1 Å². The van der Waals surface area contributed by atoms with Crippen molar-refractivity contribution in [3.63, 3.8) is 0 Å². The number of esters is 1. The van der Waals surface area contributed by atoms with Crippen LogP contribution in [0, 0.1) is 0 Å². The first-order valence-electron chi connectivity index (χ1n) is 4.66. The first-order valence-corrected chi connectivity index (χ1v) is 5.58. The lowest BCUT2D eigenvalue weighted by Crippen LogP contribution is -2.23. The molecule has 0 amide bonds. The molecule has 0 saturated heterocycles. The lowest BCUT2D eigenvalue weighted by Gasteiger charge is -2.12. The Labute approximate surface area is 103 Å². The van der Waals surface area contributed by atoms with Gasteiger partial charge >= 0.3 is 5.97 Å². The van der Waals surface area contributed by atoms with Crippen molar-refractivity contribution in [2.45, 2.75) is 4.83 Å². The standard InChI is InChI=1S/C11H13BrO4/c1-14-9-5-3-4-6-10(9)16-7-8(12)11(13)15-2/h3-6,8H,7H2,1-2H3. The number of rotatable bonds is 5. The van der Waals surface area contributed by atoms with Crippen molar-refractivity contribution in [1.82, 2.24) is 0 Å². The maximum absolute atomic E-state index is 11.1. The van der Waals surface area contributed by atoms with Gasteiger partial charge in [0.15, 0.2) is 11.5 Å². The van der Waals surface area contributed by atoms with E-state index in [-0.39, 0.29) is 12.6 Å². The number of para-hydroxylation sites is 2. The SMILES string of the molecule is COC(=O)C(Br)COc1ccccc1OC. The third-order valence-electron chi connectivity index (χ3n) is 1.91. The van der Waals surface area contributed by atoms with E-state index in [1.807, 2.05) is 12.1 Å². The fraction of sp³-hybridized carbons (Fsp3) is 0.364. The zero-order chi connectivity index (χ0) is 12.0. The van der Waals surface area contributed by atoms with Crippen molar-refractivity contribution >= 4 is 21.9 Å². The summed E-state index contributed by atoms with van der Waals surface area (Å²) in [7, 11) is 2.90. The summed E-state index contributed by atoms with van der Waals surface area (Å²) in [6.45, 7) is 0.188. The molecular weight excluding hydrogens is 276 g/mol. The van der Waals surface area contributed by atoms with Crippen LogP contribution in [0.5, 0.6) is 11.5 Å². The van der Waals surface area contributed by atoms with E-state index in [0.29, 0.717) is 11.5 Å². The Morgan fingerprint density at radius 3 is 2.50 bits per heavy atom. The molecule has 1 unspecified atom stereocenters. The molecular formula is C11H13BrO4. The molecule has 0 aliphatic heterocycles. The number of hydrogen-bond acceptors (Lipinski definition) is 4. The number of methoxy groups -OCH3 is 2. The minimum Gasteiger partial charge on any atom is -0.493 e. The van der Waals surface area contributed by atoms with Crippen molar-refractivity contribution < 1.29 is 19.0 Å². The number of alkyl halides is 1.